The highest BCUT2D eigenvalue weighted by molar-refractivity contribution is 5.79. The van der Waals surface area contributed by atoms with E-state index >= 15 is 0 Å². The lowest BCUT2D eigenvalue weighted by atomic mass is 10.1. The van der Waals surface area contributed by atoms with Gasteiger partial charge in [-0.05, 0) is 25.2 Å². The average molecular weight is 383 g/mol. The summed E-state index contributed by atoms with van der Waals surface area (Å²) < 4.78 is 4.89. The third kappa shape index (κ3) is 4.22. The molecular formula is C20H25N5O3. The summed E-state index contributed by atoms with van der Waals surface area (Å²) >= 11 is 0. The molecule has 2 amide bonds. The molecule has 1 aliphatic heterocycles. The van der Waals surface area contributed by atoms with Crippen molar-refractivity contribution in [1.82, 2.24) is 25.4 Å². The summed E-state index contributed by atoms with van der Waals surface area (Å²) in [5.74, 6) is 1.72. The van der Waals surface area contributed by atoms with Crippen molar-refractivity contribution in [2.45, 2.75) is 37.8 Å². The topological polar surface area (TPSA) is 100 Å². The number of nitrogens with zero attached hydrogens (tertiary/aromatic N) is 3. The molecule has 2 N–H and O–H groups in total. The van der Waals surface area contributed by atoms with Crippen LogP contribution in [0.3, 0.4) is 0 Å². The molecule has 1 saturated heterocycles. The molecule has 1 saturated carbocycles. The second-order valence-corrected chi connectivity index (χ2v) is 7.55. The molecule has 8 heteroatoms. The minimum Gasteiger partial charge on any atom is -0.375 e. The number of carbonyl (C=O) groups excluding carboxylic acids is 2. The number of aromatic nitrogens is 3. The Morgan fingerprint density at radius 2 is 2.07 bits per heavy atom. The van der Waals surface area contributed by atoms with E-state index in [2.05, 4.69) is 20.5 Å². The van der Waals surface area contributed by atoms with Gasteiger partial charge < -0.3 is 15.0 Å². The van der Waals surface area contributed by atoms with Gasteiger partial charge in [-0.2, -0.15) is 5.10 Å². The van der Waals surface area contributed by atoms with E-state index in [9.17, 15) is 9.59 Å². The van der Waals surface area contributed by atoms with Crippen LogP contribution in [0.4, 0.5) is 0 Å². The van der Waals surface area contributed by atoms with E-state index in [1.807, 2.05) is 35.2 Å². The van der Waals surface area contributed by atoms with Gasteiger partial charge >= 0.3 is 0 Å². The summed E-state index contributed by atoms with van der Waals surface area (Å²) in [4.78, 5) is 31.2. The molecule has 2 heterocycles. The Hall–Kier alpha value is -2.74. The van der Waals surface area contributed by atoms with Gasteiger partial charge in [-0.25, -0.2) is 4.98 Å². The van der Waals surface area contributed by atoms with Gasteiger partial charge in [0.05, 0.1) is 6.04 Å². The predicted molar refractivity (Wildman–Crippen MR) is 102 cm³/mol. The summed E-state index contributed by atoms with van der Waals surface area (Å²) in [7, 11) is 1.49. The van der Waals surface area contributed by atoms with Crippen molar-refractivity contribution in [2.24, 2.45) is 5.92 Å². The van der Waals surface area contributed by atoms with Gasteiger partial charge in [0.15, 0.2) is 5.82 Å². The summed E-state index contributed by atoms with van der Waals surface area (Å²) in [5, 5.41) is 10.3. The number of carbonyl (C=O) groups is 2. The van der Waals surface area contributed by atoms with Gasteiger partial charge in [-0.1, -0.05) is 30.3 Å². The van der Waals surface area contributed by atoms with Crippen molar-refractivity contribution in [3.8, 4) is 11.4 Å². The van der Waals surface area contributed by atoms with E-state index in [0.29, 0.717) is 37.0 Å². The van der Waals surface area contributed by atoms with Crippen molar-refractivity contribution in [2.75, 3.05) is 20.3 Å². The number of hydrogen-bond donors (Lipinski definition) is 2. The standard InChI is InChI=1S/C20H25N5O3/c1-28-12-17(26)21-15-10-16(25(11-15)18(27)9-13-7-8-13)20-22-19(23-24-20)14-5-3-2-4-6-14/h2-6,13,15-16H,7-12H2,1H3,(H,21,26)(H,22,23,24)/t15-,16-/m0/s1. The highest BCUT2D eigenvalue weighted by atomic mass is 16.5. The summed E-state index contributed by atoms with van der Waals surface area (Å²) in [6.07, 6.45) is 3.42. The number of ether oxygens (including phenoxy) is 1. The lowest BCUT2D eigenvalue weighted by molar-refractivity contribution is -0.133. The molecule has 2 atom stereocenters. The van der Waals surface area contributed by atoms with Crippen molar-refractivity contribution < 1.29 is 14.3 Å². The molecule has 2 fully saturated rings. The Balaban J connectivity index is 1.52. The van der Waals surface area contributed by atoms with Crippen molar-refractivity contribution >= 4 is 11.8 Å². The minimum absolute atomic E-state index is 0.0116. The molecule has 1 aromatic carbocycles. The molecule has 0 spiro atoms. The maximum Gasteiger partial charge on any atom is 0.246 e. The van der Waals surface area contributed by atoms with Crippen molar-refractivity contribution in [3.63, 3.8) is 0 Å². The van der Waals surface area contributed by atoms with Crippen LogP contribution in [0.15, 0.2) is 30.3 Å². The van der Waals surface area contributed by atoms with Crippen LogP contribution in [0.25, 0.3) is 11.4 Å². The Morgan fingerprint density at radius 3 is 2.79 bits per heavy atom. The lowest BCUT2D eigenvalue weighted by Gasteiger charge is -2.22. The van der Waals surface area contributed by atoms with Crippen LogP contribution >= 0.6 is 0 Å². The van der Waals surface area contributed by atoms with Crippen LogP contribution in [-0.2, 0) is 14.3 Å². The average Bonchev–Trinajstić information content (AvgIpc) is 3.20. The number of methoxy groups -OCH3 is 1. The molecular weight excluding hydrogens is 358 g/mol. The summed E-state index contributed by atoms with van der Waals surface area (Å²) in [6, 6.07) is 9.38. The van der Waals surface area contributed by atoms with E-state index in [0.717, 1.165) is 18.4 Å². The van der Waals surface area contributed by atoms with E-state index in [4.69, 9.17) is 4.74 Å². The fourth-order valence-electron chi connectivity index (χ4n) is 3.70. The van der Waals surface area contributed by atoms with Crippen LogP contribution < -0.4 is 5.32 Å². The Kier molecular flexibility index (Phi) is 5.38. The molecule has 1 aliphatic carbocycles. The number of nitrogens with one attached hydrogen (secondary N) is 2. The quantitative estimate of drug-likeness (QED) is 0.758. The monoisotopic (exact) mass is 383 g/mol. The first-order valence-electron chi connectivity index (χ1n) is 9.69. The molecule has 0 unspecified atom stereocenters. The highest BCUT2D eigenvalue weighted by Crippen LogP contribution is 2.37. The number of benzene rings is 1. The first kappa shape index (κ1) is 18.6. The Bertz CT molecular complexity index is 833. The first-order chi connectivity index (χ1) is 13.6. The zero-order valence-electron chi connectivity index (χ0n) is 15.9. The number of rotatable bonds is 7. The minimum atomic E-state index is -0.218. The molecule has 1 aromatic heterocycles. The first-order valence-corrected chi connectivity index (χ1v) is 9.69. The van der Waals surface area contributed by atoms with E-state index < -0.39 is 0 Å². The van der Waals surface area contributed by atoms with Crippen LogP contribution in [-0.4, -0.2) is 58.2 Å². The van der Waals surface area contributed by atoms with Gasteiger partial charge in [0, 0.05) is 31.7 Å². The molecule has 2 aliphatic rings. The van der Waals surface area contributed by atoms with Gasteiger partial charge in [0.2, 0.25) is 11.8 Å². The molecule has 148 valence electrons. The smallest absolute Gasteiger partial charge is 0.246 e. The summed E-state index contributed by atoms with van der Waals surface area (Å²) in [6.45, 7) is 0.491. The molecule has 28 heavy (non-hydrogen) atoms. The number of likely N-dealkylation sites (tertiary alicyclic amines) is 1. The van der Waals surface area contributed by atoms with Crippen molar-refractivity contribution in [3.05, 3.63) is 36.2 Å². The van der Waals surface area contributed by atoms with Crippen LogP contribution in [0.2, 0.25) is 0 Å². The largest absolute Gasteiger partial charge is 0.375 e. The van der Waals surface area contributed by atoms with Gasteiger partial charge in [0.25, 0.3) is 0 Å². The number of amides is 2. The maximum absolute atomic E-state index is 12.8. The second kappa shape index (κ2) is 8.10. The lowest BCUT2D eigenvalue weighted by Crippen LogP contribution is -2.40. The van der Waals surface area contributed by atoms with Gasteiger partial charge in [-0.15, -0.1) is 0 Å². The Labute approximate surface area is 163 Å². The van der Waals surface area contributed by atoms with E-state index in [1.165, 1.54) is 7.11 Å². The van der Waals surface area contributed by atoms with Gasteiger partial charge in [0.1, 0.15) is 12.4 Å². The third-order valence-electron chi connectivity index (χ3n) is 5.27. The SMILES string of the molecule is COCC(=O)N[C@H]1C[C@@H](c2nc(-c3ccccc3)n[nH]2)N(C(=O)CC2CC2)C1. The molecule has 8 nitrogen and oxygen atoms in total. The van der Waals surface area contributed by atoms with Crippen LogP contribution in [0.1, 0.15) is 37.5 Å². The van der Waals surface area contributed by atoms with E-state index in [1.54, 1.807) is 0 Å². The maximum atomic E-state index is 12.8. The fourth-order valence-corrected chi connectivity index (χ4v) is 3.70. The summed E-state index contributed by atoms with van der Waals surface area (Å²) in [5.41, 5.74) is 0.920. The molecule has 2 aromatic rings. The molecule has 4 rings (SSSR count). The van der Waals surface area contributed by atoms with Crippen molar-refractivity contribution in [1.29, 1.82) is 0 Å². The Morgan fingerprint density at radius 1 is 1.29 bits per heavy atom. The van der Waals surface area contributed by atoms with Crippen LogP contribution in [0.5, 0.6) is 0 Å². The van der Waals surface area contributed by atoms with E-state index in [-0.39, 0.29) is 30.5 Å². The molecule has 0 bridgehead atoms. The fraction of sp³-hybridized carbons (Fsp3) is 0.500. The van der Waals surface area contributed by atoms with Crippen LogP contribution in [0, 0.1) is 5.92 Å². The zero-order chi connectivity index (χ0) is 19.5. The number of H-pyrrole nitrogens is 1. The second-order valence-electron chi connectivity index (χ2n) is 7.55. The third-order valence-corrected chi connectivity index (χ3v) is 5.27. The zero-order valence-corrected chi connectivity index (χ0v) is 15.9. The number of aromatic amines is 1. The molecule has 0 radical (unpaired) electrons. The predicted octanol–water partition coefficient (Wildman–Crippen LogP) is 1.68. The number of hydrogen-bond acceptors (Lipinski definition) is 5. The van der Waals surface area contributed by atoms with Gasteiger partial charge in [-0.3, -0.25) is 14.7 Å². The highest BCUT2D eigenvalue weighted by Gasteiger charge is 2.40. The normalized spacial score (nSPS) is 21.7.